The molecule has 0 saturated carbocycles. The molecule has 3 nitrogen and oxygen atoms in total. The number of phenolic OH excluding ortho intramolecular Hbond substituents is 1. The average Bonchev–Trinajstić information content (AvgIpc) is 2.16. The van der Waals surface area contributed by atoms with Gasteiger partial charge in [-0.15, -0.1) is 11.6 Å². The number of phenols is 1. The minimum Gasteiger partial charge on any atom is -0.507 e. The normalized spacial score (nSPS) is 8.93. The van der Waals surface area contributed by atoms with Gasteiger partial charge in [-0.3, -0.25) is 0 Å². The Morgan fingerprint density at radius 2 is 2.21 bits per heavy atom. The van der Waals surface area contributed by atoms with Crippen molar-refractivity contribution in [3.05, 3.63) is 29.3 Å². The number of carboxylic acids is 1. The van der Waals surface area contributed by atoms with Gasteiger partial charge >= 0.3 is 5.97 Å². The van der Waals surface area contributed by atoms with Crippen molar-refractivity contribution < 1.29 is 15.0 Å². The van der Waals surface area contributed by atoms with Crippen LogP contribution in [0.1, 0.15) is 15.9 Å². The molecule has 4 heteroatoms. The van der Waals surface area contributed by atoms with Crippen LogP contribution >= 0.6 is 11.6 Å². The molecule has 1 aromatic rings. The van der Waals surface area contributed by atoms with Crippen molar-refractivity contribution in [3.63, 3.8) is 0 Å². The van der Waals surface area contributed by atoms with Crippen LogP contribution in [0.5, 0.6) is 5.75 Å². The summed E-state index contributed by atoms with van der Waals surface area (Å²) in [5.74, 6) is 4.13. The lowest BCUT2D eigenvalue weighted by molar-refractivity contribution is 0.0697. The Bertz CT molecular complexity index is 415. The summed E-state index contributed by atoms with van der Waals surface area (Å²) in [6.07, 6.45) is 0. The predicted molar refractivity (Wildman–Crippen MR) is 52.7 cm³/mol. The topological polar surface area (TPSA) is 57.5 Å². The SMILES string of the molecule is O=C(O)c1ccc(O)c(C#CCCl)c1. The van der Waals surface area contributed by atoms with E-state index in [2.05, 4.69) is 11.8 Å². The molecule has 0 aliphatic heterocycles. The average molecular weight is 211 g/mol. The first-order chi connectivity index (χ1) is 6.65. The number of alkyl halides is 1. The Kier molecular flexibility index (Phi) is 3.38. The highest BCUT2D eigenvalue weighted by atomic mass is 35.5. The first kappa shape index (κ1) is 10.4. The van der Waals surface area contributed by atoms with Gasteiger partial charge in [-0.05, 0) is 18.2 Å². The maximum absolute atomic E-state index is 10.6. The van der Waals surface area contributed by atoms with Crippen LogP contribution in [0.25, 0.3) is 0 Å². The Labute approximate surface area is 85.9 Å². The van der Waals surface area contributed by atoms with Crippen molar-refractivity contribution >= 4 is 17.6 Å². The number of carbonyl (C=O) groups is 1. The second-order valence-corrected chi connectivity index (χ2v) is 2.74. The van der Waals surface area contributed by atoms with Crippen molar-refractivity contribution in [2.75, 3.05) is 5.88 Å². The van der Waals surface area contributed by atoms with Gasteiger partial charge in [-0.1, -0.05) is 11.8 Å². The van der Waals surface area contributed by atoms with Gasteiger partial charge in [0.1, 0.15) is 5.75 Å². The fourth-order valence-corrected chi connectivity index (χ4v) is 0.965. The maximum Gasteiger partial charge on any atom is 0.335 e. The lowest BCUT2D eigenvalue weighted by Gasteiger charge is -1.98. The van der Waals surface area contributed by atoms with Gasteiger partial charge in [0.15, 0.2) is 0 Å². The van der Waals surface area contributed by atoms with Crippen LogP contribution in [-0.4, -0.2) is 22.1 Å². The van der Waals surface area contributed by atoms with Crippen molar-refractivity contribution in [2.24, 2.45) is 0 Å². The lowest BCUT2D eigenvalue weighted by Crippen LogP contribution is -1.96. The summed E-state index contributed by atoms with van der Waals surface area (Å²) in [6.45, 7) is 0. The van der Waals surface area contributed by atoms with Crippen LogP contribution < -0.4 is 0 Å². The number of aromatic hydroxyl groups is 1. The van der Waals surface area contributed by atoms with Crippen molar-refractivity contribution in [1.82, 2.24) is 0 Å². The summed E-state index contributed by atoms with van der Waals surface area (Å²) in [5, 5.41) is 18.0. The fraction of sp³-hybridized carbons (Fsp3) is 0.100. The van der Waals surface area contributed by atoms with Gasteiger partial charge < -0.3 is 10.2 Å². The van der Waals surface area contributed by atoms with E-state index in [9.17, 15) is 9.90 Å². The van der Waals surface area contributed by atoms with E-state index in [1.54, 1.807) is 0 Å². The van der Waals surface area contributed by atoms with Gasteiger partial charge in [-0.2, -0.15) is 0 Å². The summed E-state index contributed by atoms with van der Waals surface area (Å²) in [7, 11) is 0. The number of halogens is 1. The van der Waals surface area contributed by atoms with E-state index in [0.29, 0.717) is 0 Å². The van der Waals surface area contributed by atoms with Gasteiger partial charge in [0.25, 0.3) is 0 Å². The van der Waals surface area contributed by atoms with E-state index in [4.69, 9.17) is 16.7 Å². The monoisotopic (exact) mass is 210 g/mol. The van der Waals surface area contributed by atoms with Crippen LogP contribution in [0.15, 0.2) is 18.2 Å². The third kappa shape index (κ3) is 2.41. The largest absolute Gasteiger partial charge is 0.507 e. The van der Waals surface area contributed by atoms with Crippen LogP contribution in [0.2, 0.25) is 0 Å². The summed E-state index contributed by atoms with van der Waals surface area (Å²) in [4.78, 5) is 10.6. The molecule has 0 heterocycles. The standard InChI is InChI=1S/C10H7ClO3/c11-5-1-2-7-6-8(10(13)14)3-4-9(7)12/h3-4,6,12H,5H2,(H,13,14). The highest BCUT2D eigenvalue weighted by Crippen LogP contribution is 2.17. The lowest BCUT2D eigenvalue weighted by atomic mass is 10.1. The third-order valence-electron chi connectivity index (χ3n) is 1.53. The number of hydrogen-bond donors (Lipinski definition) is 2. The smallest absolute Gasteiger partial charge is 0.335 e. The molecular weight excluding hydrogens is 204 g/mol. The molecule has 0 spiro atoms. The zero-order valence-corrected chi connectivity index (χ0v) is 7.88. The van der Waals surface area contributed by atoms with E-state index >= 15 is 0 Å². The Balaban J connectivity index is 3.14. The van der Waals surface area contributed by atoms with Gasteiger partial charge in [0.2, 0.25) is 0 Å². The molecule has 0 aromatic heterocycles. The molecule has 0 aliphatic rings. The van der Waals surface area contributed by atoms with Gasteiger partial charge in [0, 0.05) is 0 Å². The van der Waals surface area contributed by atoms with Crippen LogP contribution in [0.3, 0.4) is 0 Å². The first-order valence-electron chi connectivity index (χ1n) is 3.76. The van der Waals surface area contributed by atoms with Crippen molar-refractivity contribution in [2.45, 2.75) is 0 Å². The van der Waals surface area contributed by atoms with Crippen LogP contribution in [0, 0.1) is 11.8 Å². The molecule has 1 rings (SSSR count). The number of rotatable bonds is 1. The Hall–Kier alpha value is -1.66. The Morgan fingerprint density at radius 1 is 1.50 bits per heavy atom. The van der Waals surface area contributed by atoms with E-state index in [1.807, 2.05) is 0 Å². The number of hydrogen-bond acceptors (Lipinski definition) is 2. The van der Waals surface area contributed by atoms with E-state index in [0.717, 1.165) is 0 Å². The fourth-order valence-electron chi connectivity index (χ4n) is 0.898. The molecule has 14 heavy (non-hydrogen) atoms. The second kappa shape index (κ2) is 4.54. The summed E-state index contributed by atoms with van der Waals surface area (Å²) >= 11 is 5.33. The van der Waals surface area contributed by atoms with Crippen molar-refractivity contribution in [1.29, 1.82) is 0 Å². The number of benzene rings is 1. The Morgan fingerprint density at radius 3 is 2.79 bits per heavy atom. The highest BCUT2D eigenvalue weighted by molar-refractivity contribution is 6.19. The molecule has 0 aliphatic carbocycles. The van der Waals surface area contributed by atoms with Crippen LogP contribution in [0.4, 0.5) is 0 Å². The van der Waals surface area contributed by atoms with E-state index < -0.39 is 5.97 Å². The molecule has 0 bridgehead atoms. The molecular formula is C10H7ClO3. The minimum atomic E-state index is -1.06. The van der Waals surface area contributed by atoms with Crippen LogP contribution in [-0.2, 0) is 0 Å². The minimum absolute atomic E-state index is 0.0485. The molecule has 0 radical (unpaired) electrons. The number of carboxylic acid groups (broad SMARTS) is 1. The first-order valence-corrected chi connectivity index (χ1v) is 4.29. The third-order valence-corrected chi connectivity index (χ3v) is 1.67. The van der Waals surface area contributed by atoms with Crippen molar-refractivity contribution in [3.8, 4) is 17.6 Å². The molecule has 72 valence electrons. The molecule has 0 unspecified atom stereocenters. The summed E-state index contributed by atoms with van der Waals surface area (Å²) in [6, 6.07) is 3.91. The van der Waals surface area contributed by atoms with Gasteiger partial charge in [-0.25, -0.2) is 4.79 Å². The van der Waals surface area contributed by atoms with Gasteiger partial charge in [0.05, 0.1) is 17.0 Å². The van der Waals surface area contributed by atoms with E-state index in [1.165, 1.54) is 18.2 Å². The molecule has 2 N–H and O–H groups in total. The molecule has 1 aromatic carbocycles. The molecule has 0 atom stereocenters. The zero-order chi connectivity index (χ0) is 10.6. The maximum atomic E-state index is 10.6. The zero-order valence-electron chi connectivity index (χ0n) is 7.12. The summed E-state index contributed by atoms with van der Waals surface area (Å²) in [5.41, 5.74) is 0.354. The molecule has 0 saturated heterocycles. The summed E-state index contributed by atoms with van der Waals surface area (Å²) < 4.78 is 0. The molecule has 0 amide bonds. The predicted octanol–water partition coefficient (Wildman–Crippen LogP) is 1.68. The quantitative estimate of drug-likeness (QED) is 0.548. The highest BCUT2D eigenvalue weighted by Gasteiger charge is 2.05. The molecule has 0 fully saturated rings. The van der Waals surface area contributed by atoms with E-state index in [-0.39, 0.29) is 22.8 Å². The number of aromatic carboxylic acids is 1. The second-order valence-electron chi connectivity index (χ2n) is 2.47.